The van der Waals surface area contributed by atoms with E-state index in [4.69, 9.17) is 0 Å². The van der Waals surface area contributed by atoms with Crippen LogP contribution >= 0.6 is 27.3 Å². The molecular weight excluding hydrogens is 286 g/mol. The molecule has 0 unspecified atom stereocenters. The van der Waals surface area contributed by atoms with E-state index < -0.39 is 0 Å². The highest BCUT2D eigenvalue weighted by molar-refractivity contribution is 9.10. The van der Waals surface area contributed by atoms with Crippen LogP contribution in [0.15, 0.2) is 45.7 Å². The van der Waals surface area contributed by atoms with Crippen LogP contribution in [0, 0.1) is 0 Å². The van der Waals surface area contributed by atoms with Crippen molar-refractivity contribution in [2.45, 2.75) is 0 Å². The van der Waals surface area contributed by atoms with Crippen molar-refractivity contribution in [2.24, 2.45) is 0 Å². The Bertz CT molecular complexity index is 707. The number of para-hydroxylation sites is 1. The maximum atomic E-state index is 11.4. The molecule has 2 aliphatic rings. The second kappa shape index (κ2) is 3.64. The lowest BCUT2D eigenvalue weighted by Crippen LogP contribution is -2.00. The summed E-state index contributed by atoms with van der Waals surface area (Å²) in [6, 6.07) is 11.1. The molecule has 16 heavy (non-hydrogen) atoms. The zero-order chi connectivity index (χ0) is 11.1. The van der Waals surface area contributed by atoms with Gasteiger partial charge >= 0.3 is 0 Å². The fourth-order valence-corrected chi connectivity index (χ4v) is 3.30. The van der Waals surface area contributed by atoms with Crippen LogP contribution in [0.1, 0.15) is 0 Å². The number of fused-ring (bicyclic) bond motifs is 2. The lowest BCUT2D eigenvalue weighted by atomic mass is 10.2. The molecule has 1 aromatic carbocycles. The summed E-state index contributed by atoms with van der Waals surface area (Å²) in [5, 5.41) is 0. The van der Waals surface area contributed by atoms with Gasteiger partial charge in [0.25, 0.3) is 0 Å². The van der Waals surface area contributed by atoms with Crippen molar-refractivity contribution < 1.29 is 0 Å². The van der Waals surface area contributed by atoms with Gasteiger partial charge in [0.1, 0.15) is 0 Å². The summed E-state index contributed by atoms with van der Waals surface area (Å²) in [7, 11) is 0. The lowest BCUT2D eigenvalue weighted by Gasteiger charge is -2.06. The van der Waals surface area contributed by atoms with Crippen LogP contribution < -0.4 is 5.43 Å². The third-order valence-corrected chi connectivity index (χ3v) is 4.02. The Morgan fingerprint density at radius 3 is 2.88 bits per heavy atom. The molecule has 0 fully saturated rings. The van der Waals surface area contributed by atoms with Crippen molar-refractivity contribution in [1.82, 2.24) is 4.98 Å². The van der Waals surface area contributed by atoms with Gasteiger partial charge in [0.2, 0.25) is 0 Å². The average molecular weight is 292 g/mol. The first kappa shape index (κ1) is 9.93. The van der Waals surface area contributed by atoms with Crippen LogP contribution in [-0.2, 0) is 0 Å². The molecule has 0 saturated carbocycles. The highest BCUT2D eigenvalue weighted by atomic mass is 79.9. The Kier molecular flexibility index (Phi) is 2.26. The minimum atomic E-state index is 0.00714. The zero-order valence-electron chi connectivity index (χ0n) is 8.11. The van der Waals surface area contributed by atoms with Gasteiger partial charge in [-0.15, -0.1) is 11.3 Å². The van der Waals surface area contributed by atoms with Gasteiger partial charge in [-0.25, -0.2) is 4.98 Å². The number of hydrogen-bond donors (Lipinski definition) is 0. The number of benzene rings is 2. The van der Waals surface area contributed by atoms with Gasteiger partial charge in [0, 0.05) is 16.6 Å². The van der Waals surface area contributed by atoms with Gasteiger partial charge in [-0.3, -0.25) is 4.79 Å². The molecule has 0 atom stereocenters. The minimum absolute atomic E-state index is 0.00714. The van der Waals surface area contributed by atoms with Gasteiger partial charge < -0.3 is 0 Å². The van der Waals surface area contributed by atoms with Crippen LogP contribution in [0.25, 0.3) is 20.8 Å². The van der Waals surface area contributed by atoms with Gasteiger partial charge in [-0.2, -0.15) is 0 Å². The predicted molar refractivity (Wildman–Crippen MR) is 70.2 cm³/mol. The molecule has 2 nitrogen and oxygen atoms in total. The summed E-state index contributed by atoms with van der Waals surface area (Å²) in [5.41, 5.74) is 1.82. The minimum Gasteiger partial charge on any atom is -0.290 e. The molecule has 0 radical (unpaired) electrons. The van der Waals surface area contributed by atoms with Crippen LogP contribution in [0.5, 0.6) is 0 Å². The maximum Gasteiger partial charge on any atom is 0.181 e. The molecule has 0 aromatic heterocycles. The van der Waals surface area contributed by atoms with Gasteiger partial charge in [-0.05, 0) is 28.1 Å². The molecule has 0 bridgehead atoms. The van der Waals surface area contributed by atoms with E-state index in [1.165, 1.54) is 0 Å². The third kappa shape index (κ3) is 1.54. The van der Waals surface area contributed by atoms with Crippen molar-refractivity contribution in [3.63, 3.8) is 0 Å². The summed E-state index contributed by atoms with van der Waals surface area (Å²) in [6.45, 7) is 0. The Labute approximate surface area is 104 Å². The van der Waals surface area contributed by atoms with Crippen molar-refractivity contribution in [3.8, 4) is 10.6 Å². The standard InChI is InChI=1S/C12H6BrNOS/c13-8-5-7(15)6-11-12(8)14-9-3-1-2-4-10(9)16-11/h1-6H. The number of rotatable bonds is 0. The Morgan fingerprint density at radius 1 is 1.19 bits per heavy atom. The molecule has 0 amide bonds. The van der Waals surface area contributed by atoms with Crippen molar-refractivity contribution in [2.75, 3.05) is 0 Å². The number of aromatic nitrogens is 1. The van der Waals surface area contributed by atoms with Gasteiger partial charge in [0.05, 0.1) is 20.8 Å². The molecular formula is C12H6BrNOS. The number of nitrogens with zero attached hydrogens (tertiary/aromatic N) is 1. The monoisotopic (exact) mass is 291 g/mol. The van der Waals surface area contributed by atoms with Crippen molar-refractivity contribution in [1.29, 1.82) is 0 Å². The Balaban J connectivity index is 2.52. The normalized spacial score (nSPS) is 11.1. The van der Waals surface area contributed by atoms with E-state index in [9.17, 15) is 4.79 Å². The largest absolute Gasteiger partial charge is 0.290 e. The van der Waals surface area contributed by atoms with E-state index in [2.05, 4.69) is 20.9 Å². The molecule has 0 spiro atoms. The van der Waals surface area contributed by atoms with E-state index in [0.717, 1.165) is 25.3 Å². The predicted octanol–water partition coefficient (Wildman–Crippen LogP) is 3.52. The number of hydrogen-bond acceptors (Lipinski definition) is 3. The smallest absolute Gasteiger partial charge is 0.181 e. The van der Waals surface area contributed by atoms with E-state index in [0.29, 0.717) is 0 Å². The summed E-state index contributed by atoms with van der Waals surface area (Å²) in [4.78, 5) is 16.8. The second-order valence-electron chi connectivity index (χ2n) is 3.43. The van der Waals surface area contributed by atoms with E-state index >= 15 is 0 Å². The van der Waals surface area contributed by atoms with Crippen molar-refractivity contribution >= 4 is 37.5 Å². The van der Waals surface area contributed by atoms with Crippen LogP contribution in [-0.4, -0.2) is 4.98 Å². The summed E-state index contributed by atoms with van der Waals surface area (Å²) in [6.07, 6.45) is 0. The molecule has 0 N–H and O–H groups in total. The highest BCUT2D eigenvalue weighted by Gasteiger charge is 2.11. The first-order valence-electron chi connectivity index (χ1n) is 4.73. The molecule has 1 heterocycles. The first-order chi connectivity index (χ1) is 7.74. The van der Waals surface area contributed by atoms with E-state index in [-0.39, 0.29) is 5.43 Å². The fourth-order valence-electron chi connectivity index (χ4n) is 1.61. The van der Waals surface area contributed by atoms with E-state index in [1.807, 2.05) is 24.3 Å². The quantitative estimate of drug-likeness (QED) is 0.593. The van der Waals surface area contributed by atoms with Crippen LogP contribution in [0.4, 0.5) is 0 Å². The third-order valence-electron chi connectivity index (χ3n) is 2.32. The maximum absolute atomic E-state index is 11.4. The fraction of sp³-hybridized carbons (Fsp3) is 0. The van der Waals surface area contributed by atoms with Gasteiger partial charge in [-0.1, -0.05) is 12.1 Å². The summed E-state index contributed by atoms with van der Waals surface area (Å²) >= 11 is 4.96. The molecule has 1 aromatic rings. The second-order valence-corrected chi connectivity index (χ2v) is 5.37. The highest BCUT2D eigenvalue weighted by Crippen LogP contribution is 2.33. The molecule has 3 rings (SSSR count). The van der Waals surface area contributed by atoms with Gasteiger partial charge in [0.15, 0.2) is 5.43 Å². The molecule has 1 aliphatic heterocycles. The topological polar surface area (TPSA) is 30.0 Å². The average Bonchev–Trinajstić information content (AvgIpc) is 2.27. The van der Waals surface area contributed by atoms with Crippen LogP contribution in [0.2, 0.25) is 0 Å². The lowest BCUT2D eigenvalue weighted by molar-refractivity contribution is 1.38. The van der Waals surface area contributed by atoms with E-state index in [1.54, 1.807) is 23.5 Å². The molecule has 0 saturated heterocycles. The summed E-state index contributed by atoms with van der Waals surface area (Å²) < 4.78 is 1.85. The van der Waals surface area contributed by atoms with Crippen molar-refractivity contribution in [3.05, 3.63) is 51.1 Å². The molecule has 4 heteroatoms. The van der Waals surface area contributed by atoms with Crippen LogP contribution in [0.3, 0.4) is 0 Å². The molecule has 1 aliphatic carbocycles. The zero-order valence-corrected chi connectivity index (χ0v) is 10.5. The molecule has 78 valence electrons. The Hall–Kier alpha value is -1.26. The summed E-state index contributed by atoms with van der Waals surface area (Å²) in [5.74, 6) is 0. The first-order valence-corrected chi connectivity index (χ1v) is 6.34. The Morgan fingerprint density at radius 2 is 2.00 bits per heavy atom. The number of halogens is 1. The SMILES string of the molecule is O=c1cc2sc3ccccc3nc-2c(Br)c1.